The van der Waals surface area contributed by atoms with E-state index in [0.717, 1.165) is 5.56 Å². The van der Waals surface area contributed by atoms with Crippen LogP contribution < -0.4 is 5.69 Å². The summed E-state index contributed by atoms with van der Waals surface area (Å²) in [5.41, 5.74) is 1.16. The maximum Gasteiger partial charge on any atom is 0.328 e. The Morgan fingerprint density at radius 3 is 2.33 bits per heavy atom. The number of imidazole rings is 1. The number of rotatable bonds is 2. The Kier molecular flexibility index (Phi) is 2.46. The molecule has 0 unspecified atom stereocenters. The highest BCUT2D eigenvalue weighted by molar-refractivity contribution is 5.19. The summed E-state index contributed by atoms with van der Waals surface area (Å²) in [5.74, 6) is 0. The third-order valence-corrected chi connectivity index (χ3v) is 2.67. The second kappa shape index (κ2) is 3.77. The van der Waals surface area contributed by atoms with Crippen molar-refractivity contribution in [2.75, 3.05) is 0 Å². The van der Waals surface area contributed by atoms with E-state index < -0.39 is 0 Å². The second-order valence-corrected chi connectivity index (χ2v) is 3.69. The molecule has 0 saturated carbocycles. The number of hydrogen-bond acceptors (Lipinski definition) is 1. The average Bonchev–Trinajstić information content (AvgIpc) is 2.60. The number of nitrogens with zero attached hydrogens (tertiary/aromatic N) is 2. The van der Waals surface area contributed by atoms with Gasteiger partial charge in [-0.2, -0.15) is 0 Å². The van der Waals surface area contributed by atoms with Gasteiger partial charge in [-0.1, -0.05) is 30.3 Å². The van der Waals surface area contributed by atoms with E-state index in [1.165, 1.54) is 0 Å². The maximum atomic E-state index is 11.7. The van der Waals surface area contributed by atoms with Gasteiger partial charge < -0.3 is 4.57 Å². The van der Waals surface area contributed by atoms with Crippen molar-refractivity contribution in [3.63, 3.8) is 0 Å². The molecule has 2 rings (SSSR count). The van der Waals surface area contributed by atoms with Gasteiger partial charge in [0.1, 0.15) is 0 Å². The lowest BCUT2D eigenvalue weighted by Crippen LogP contribution is -2.24. The molecule has 0 amide bonds. The van der Waals surface area contributed by atoms with E-state index in [4.69, 9.17) is 0 Å². The summed E-state index contributed by atoms with van der Waals surface area (Å²) in [6.07, 6.45) is 3.60. The largest absolute Gasteiger partial charge is 0.328 e. The topological polar surface area (TPSA) is 26.9 Å². The molecule has 0 radical (unpaired) electrons. The standard InChI is InChI=1S/C12H14N2O/c1-10(11-6-4-3-5-7-11)14-9-8-13(2)12(14)15/h3-10H,1-2H3/t10-/m0/s1. The monoisotopic (exact) mass is 202 g/mol. The molecule has 0 saturated heterocycles. The van der Waals surface area contributed by atoms with Crippen LogP contribution in [-0.2, 0) is 7.05 Å². The van der Waals surface area contributed by atoms with Gasteiger partial charge in [-0.05, 0) is 12.5 Å². The molecule has 0 aliphatic heterocycles. The first kappa shape index (κ1) is 9.77. The highest BCUT2D eigenvalue weighted by atomic mass is 16.1. The smallest absolute Gasteiger partial charge is 0.302 e. The van der Waals surface area contributed by atoms with Crippen LogP contribution in [0.5, 0.6) is 0 Å². The average molecular weight is 202 g/mol. The first-order valence-corrected chi connectivity index (χ1v) is 4.98. The van der Waals surface area contributed by atoms with Crippen LogP contribution in [0.4, 0.5) is 0 Å². The van der Waals surface area contributed by atoms with Gasteiger partial charge in [0.2, 0.25) is 0 Å². The van der Waals surface area contributed by atoms with Crippen LogP contribution in [-0.4, -0.2) is 9.13 Å². The highest BCUT2D eigenvalue weighted by Crippen LogP contribution is 2.14. The molecule has 1 aromatic carbocycles. The first-order chi connectivity index (χ1) is 7.20. The van der Waals surface area contributed by atoms with E-state index in [1.54, 1.807) is 22.4 Å². The summed E-state index contributed by atoms with van der Waals surface area (Å²) >= 11 is 0. The van der Waals surface area contributed by atoms with Gasteiger partial charge in [-0.3, -0.25) is 4.57 Å². The number of benzene rings is 1. The van der Waals surface area contributed by atoms with Crippen LogP contribution in [0.25, 0.3) is 0 Å². The van der Waals surface area contributed by atoms with Gasteiger partial charge in [0.15, 0.2) is 0 Å². The van der Waals surface area contributed by atoms with Crippen LogP contribution in [0, 0.1) is 0 Å². The predicted molar refractivity (Wildman–Crippen MR) is 59.9 cm³/mol. The summed E-state index contributed by atoms with van der Waals surface area (Å²) in [4.78, 5) is 11.7. The zero-order valence-electron chi connectivity index (χ0n) is 8.92. The van der Waals surface area contributed by atoms with E-state index in [-0.39, 0.29) is 11.7 Å². The molecule has 78 valence electrons. The molecular formula is C12H14N2O. The van der Waals surface area contributed by atoms with Crippen molar-refractivity contribution in [3.05, 3.63) is 58.8 Å². The van der Waals surface area contributed by atoms with Gasteiger partial charge in [0.25, 0.3) is 0 Å². The van der Waals surface area contributed by atoms with E-state index >= 15 is 0 Å². The zero-order chi connectivity index (χ0) is 10.8. The Morgan fingerprint density at radius 2 is 1.80 bits per heavy atom. The van der Waals surface area contributed by atoms with Gasteiger partial charge in [-0.15, -0.1) is 0 Å². The highest BCUT2D eigenvalue weighted by Gasteiger charge is 2.09. The minimum absolute atomic E-state index is 0.0198. The molecule has 1 atom stereocenters. The SMILES string of the molecule is C[C@@H](c1ccccc1)n1ccn(C)c1=O. The minimum atomic E-state index is 0.0198. The summed E-state index contributed by atoms with van der Waals surface area (Å²) in [6, 6.07) is 10.1. The molecule has 1 aromatic heterocycles. The van der Waals surface area contributed by atoms with Crippen LogP contribution in [0.15, 0.2) is 47.5 Å². The van der Waals surface area contributed by atoms with E-state index in [2.05, 4.69) is 0 Å². The summed E-state index contributed by atoms with van der Waals surface area (Å²) in [5, 5.41) is 0. The summed E-state index contributed by atoms with van der Waals surface area (Å²) in [7, 11) is 1.76. The molecular weight excluding hydrogens is 188 g/mol. The molecule has 0 spiro atoms. The van der Waals surface area contributed by atoms with Crippen molar-refractivity contribution in [1.29, 1.82) is 0 Å². The lowest BCUT2D eigenvalue weighted by molar-refractivity contribution is 0.601. The predicted octanol–water partition coefficient (Wildman–Crippen LogP) is 1.80. The molecule has 0 aliphatic carbocycles. The Balaban J connectivity index is 2.41. The molecule has 3 heteroatoms. The van der Waals surface area contributed by atoms with E-state index in [9.17, 15) is 4.79 Å². The number of hydrogen-bond donors (Lipinski definition) is 0. The van der Waals surface area contributed by atoms with Crippen LogP contribution in [0.2, 0.25) is 0 Å². The molecule has 0 bridgehead atoms. The number of aromatic nitrogens is 2. The van der Waals surface area contributed by atoms with E-state index in [1.807, 2.05) is 43.5 Å². The van der Waals surface area contributed by atoms with E-state index in [0.29, 0.717) is 0 Å². The Morgan fingerprint density at radius 1 is 1.13 bits per heavy atom. The first-order valence-electron chi connectivity index (χ1n) is 4.98. The van der Waals surface area contributed by atoms with Crippen molar-refractivity contribution < 1.29 is 0 Å². The molecule has 0 fully saturated rings. The Bertz CT molecular complexity index is 496. The molecule has 2 aromatic rings. The molecule has 0 aliphatic rings. The third-order valence-electron chi connectivity index (χ3n) is 2.67. The minimum Gasteiger partial charge on any atom is -0.302 e. The van der Waals surface area contributed by atoms with Crippen molar-refractivity contribution >= 4 is 0 Å². The summed E-state index contributed by atoms with van der Waals surface area (Å²) in [6.45, 7) is 2.02. The Labute approximate surface area is 88.6 Å². The van der Waals surface area contributed by atoms with Crippen LogP contribution in [0.3, 0.4) is 0 Å². The third kappa shape index (κ3) is 1.73. The van der Waals surface area contributed by atoms with Crippen molar-refractivity contribution in [1.82, 2.24) is 9.13 Å². The normalized spacial score (nSPS) is 12.7. The van der Waals surface area contributed by atoms with Gasteiger partial charge in [-0.25, -0.2) is 4.79 Å². The van der Waals surface area contributed by atoms with Gasteiger partial charge in [0, 0.05) is 19.4 Å². The lowest BCUT2D eigenvalue weighted by Gasteiger charge is -2.12. The maximum absolute atomic E-state index is 11.7. The molecule has 3 nitrogen and oxygen atoms in total. The van der Waals surface area contributed by atoms with Crippen molar-refractivity contribution in [2.24, 2.45) is 7.05 Å². The second-order valence-electron chi connectivity index (χ2n) is 3.69. The van der Waals surface area contributed by atoms with Crippen LogP contribution in [0.1, 0.15) is 18.5 Å². The number of aryl methyl sites for hydroxylation is 1. The quantitative estimate of drug-likeness (QED) is 0.729. The lowest BCUT2D eigenvalue weighted by atomic mass is 10.1. The van der Waals surface area contributed by atoms with Crippen molar-refractivity contribution in [3.8, 4) is 0 Å². The molecule has 1 heterocycles. The zero-order valence-corrected chi connectivity index (χ0v) is 8.92. The molecule has 0 N–H and O–H groups in total. The van der Waals surface area contributed by atoms with Gasteiger partial charge >= 0.3 is 5.69 Å². The summed E-state index contributed by atoms with van der Waals surface area (Å²) < 4.78 is 3.31. The fourth-order valence-electron chi connectivity index (χ4n) is 1.67. The van der Waals surface area contributed by atoms with Crippen LogP contribution >= 0.6 is 0 Å². The molecule has 15 heavy (non-hydrogen) atoms. The fourth-order valence-corrected chi connectivity index (χ4v) is 1.67. The van der Waals surface area contributed by atoms with Crippen molar-refractivity contribution in [2.45, 2.75) is 13.0 Å². The Hall–Kier alpha value is -1.77. The fraction of sp³-hybridized carbons (Fsp3) is 0.250. The van der Waals surface area contributed by atoms with Gasteiger partial charge in [0.05, 0.1) is 6.04 Å².